The molecule has 0 saturated heterocycles. The minimum Gasteiger partial charge on any atom is -0.496 e. The third-order valence-electron chi connectivity index (χ3n) is 2.53. The zero-order valence-corrected chi connectivity index (χ0v) is 10.0. The van der Waals surface area contributed by atoms with Gasteiger partial charge in [0.25, 0.3) is 0 Å². The van der Waals surface area contributed by atoms with Crippen LogP contribution in [0.1, 0.15) is 35.7 Å². The van der Waals surface area contributed by atoms with Gasteiger partial charge in [-0.15, -0.1) is 0 Å². The molecule has 1 N–H and O–H groups in total. The Morgan fingerprint density at radius 1 is 1.35 bits per heavy atom. The van der Waals surface area contributed by atoms with E-state index in [-0.39, 0.29) is 12.2 Å². The van der Waals surface area contributed by atoms with Crippen LogP contribution in [0, 0.1) is 0 Å². The van der Waals surface area contributed by atoms with Crippen molar-refractivity contribution >= 4 is 11.8 Å². The summed E-state index contributed by atoms with van der Waals surface area (Å²) in [5, 5.41) is 8.66. The Balaban J connectivity index is 2.97. The fourth-order valence-electron chi connectivity index (χ4n) is 1.59. The van der Waals surface area contributed by atoms with E-state index in [1.807, 2.05) is 0 Å². The van der Waals surface area contributed by atoms with Crippen molar-refractivity contribution in [3.8, 4) is 5.75 Å². The molecule has 1 aromatic rings. The number of aliphatic carboxylic acids is 1. The van der Waals surface area contributed by atoms with Crippen LogP contribution in [0.5, 0.6) is 5.75 Å². The lowest BCUT2D eigenvalue weighted by Gasteiger charge is -2.09. The minimum absolute atomic E-state index is 0.0279. The number of rotatable bonds is 6. The van der Waals surface area contributed by atoms with E-state index in [1.54, 1.807) is 25.1 Å². The Bertz CT molecular complexity index is 423. The van der Waals surface area contributed by atoms with Gasteiger partial charge in [0.1, 0.15) is 5.75 Å². The molecule has 17 heavy (non-hydrogen) atoms. The van der Waals surface area contributed by atoms with Gasteiger partial charge >= 0.3 is 5.97 Å². The molecule has 0 aliphatic rings. The number of carbonyl (C=O) groups is 2. The van der Waals surface area contributed by atoms with E-state index < -0.39 is 5.97 Å². The average Bonchev–Trinajstić information content (AvgIpc) is 2.34. The van der Waals surface area contributed by atoms with Crippen LogP contribution in [0.4, 0.5) is 0 Å². The van der Waals surface area contributed by atoms with E-state index in [1.165, 1.54) is 7.11 Å². The Morgan fingerprint density at radius 2 is 2.06 bits per heavy atom. The second-order valence-electron chi connectivity index (χ2n) is 3.70. The normalized spacial score (nSPS) is 10.0. The lowest BCUT2D eigenvalue weighted by atomic mass is 10.0. The van der Waals surface area contributed by atoms with Gasteiger partial charge < -0.3 is 9.84 Å². The highest BCUT2D eigenvalue weighted by Crippen LogP contribution is 2.22. The van der Waals surface area contributed by atoms with Gasteiger partial charge in [0, 0.05) is 18.4 Å². The van der Waals surface area contributed by atoms with E-state index in [2.05, 4.69) is 0 Å². The van der Waals surface area contributed by atoms with Crippen LogP contribution in [0.25, 0.3) is 0 Å². The second-order valence-corrected chi connectivity index (χ2v) is 3.70. The van der Waals surface area contributed by atoms with E-state index in [4.69, 9.17) is 9.84 Å². The molecule has 4 heteroatoms. The van der Waals surface area contributed by atoms with Crippen molar-refractivity contribution < 1.29 is 19.4 Å². The summed E-state index contributed by atoms with van der Waals surface area (Å²) >= 11 is 0. The number of benzene rings is 1. The Labute approximate surface area is 100 Å². The Kier molecular flexibility index (Phi) is 4.69. The van der Waals surface area contributed by atoms with Gasteiger partial charge in [-0.2, -0.15) is 0 Å². The van der Waals surface area contributed by atoms with Crippen molar-refractivity contribution in [3.05, 3.63) is 29.3 Å². The van der Waals surface area contributed by atoms with Gasteiger partial charge in [-0.3, -0.25) is 9.59 Å². The Hall–Kier alpha value is -1.84. The standard InChI is InChI=1S/C13H16O4/c1-3-11(14)9-4-6-12(17-2)10(8-9)5-7-13(15)16/h4,6,8H,3,5,7H2,1-2H3,(H,15,16). The van der Waals surface area contributed by atoms with Crippen LogP contribution in [0.2, 0.25) is 0 Å². The van der Waals surface area contributed by atoms with Crippen LogP contribution in [-0.2, 0) is 11.2 Å². The predicted octanol–water partition coefficient (Wildman–Crippen LogP) is 2.31. The van der Waals surface area contributed by atoms with Gasteiger partial charge in [0.2, 0.25) is 0 Å². The largest absolute Gasteiger partial charge is 0.496 e. The number of Topliss-reactive ketones (excluding diaryl/α,β-unsaturated/α-hetero) is 1. The van der Waals surface area contributed by atoms with Crippen LogP contribution in [0.3, 0.4) is 0 Å². The van der Waals surface area contributed by atoms with E-state index in [9.17, 15) is 9.59 Å². The van der Waals surface area contributed by atoms with Crippen LogP contribution >= 0.6 is 0 Å². The first-order chi connectivity index (χ1) is 8.08. The van der Waals surface area contributed by atoms with Crippen molar-refractivity contribution in [1.82, 2.24) is 0 Å². The summed E-state index contributed by atoms with van der Waals surface area (Å²) in [6.45, 7) is 1.80. The monoisotopic (exact) mass is 236 g/mol. The fraction of sp³-hybridized carbons (Fsp3) is 0.385. The molecule has 4 nitrogen and oxygen atoms in total. The minimum atomic E-state index is -0.862. The number of aryl methyl sites for hydroxylation is 1. The van der Waals surface area contributed by atoms with Crippen molar-refractivity contribution in [2.75, 3.05) is 7.11 Å². The molecule has 0 aliphatic carbocycles. The number of ether oxygens (including phenoxy) is 1. The molecule has 0 fully saturated rings. The number of ketones is 1. The van der Waals surface area contributed by atoms with Crippen LogP contribution < -0.4 is 4.74 Å². The summed E-state index contributed by atoms with van der Waals surface area (Å²) in [5.41, 5.74) is 1.36. The van der Waals surface area contributed by atoms with Gasteiger partial charge in [0.05, 0.1) is 7.11 Å². The van der Waals surface area contributed by atoms with Gasteiger partial charge in [-0.05, 0) is 30.2 Å². The summed E-state index contributed by atoms with van der Waals surface area (Å²) in [6, 6.07) is 5.13. The van der Waals surface area contributed by atoms with E-state index in [0.717, 1.165) is 5.56 Å². The van der Waals surface area contributed by atoms with E-state index in [0.29, 0.717) is 24.2 Å². The number of carboxylic acids is 1. The van der Waals surface area contributed by atoms with Crippen molar-refractivity contribution in [1.29, 1.82) is 0 Å². The molecule has 0 aromatic heterocycles. The first-order valence-corrected chi connectivity index (χ1v) is 5.50. The molecule has 1 rings (SSSR count). The lowest BCUT2D eigenvalue weighted by Crippen LogP contribution is -2.03. The molecule has 0 atom stereocenters. The molecule has 0 spiro atoms. The van der Waals surface area contributed by atoms with Crippen molar-refractivity contribution in [3.63, 3.8) is 0 Å². The quantitative estimate of drug-likeness (QED) is 0.770. The predicted molar refractivity (Wildman–Crippen MR) is 63.6 cm³/mol. The smallest absolute Gasteiger partial charge is 0.303 e. The highest BCUT2D eigenvalue weighted by molar-refractivity contribution is 5.96. The highest BCUT2D eigenvalue weighted by Gasteiger charge is 2.10. The maximum absolute atomic E-state index is 11.5. The topological polar surface area (TPSA) is 63.6 Å². The molecular formula is C13H16O4. The number of methoxy groups -OCH3 is 1. The molecular weight excluding hydrogens is 220 g/mol. The third-order valence-corrected chi connectivity index (χ3v) is 2.53. The average molecular weight is 236 g/mol. The highest BCUT2D eigenvalue weighted by atomic mass is 16.5. The SMILES string of the molecule is CCC(=O)c1ccc(OC)c(CCC(=O)O)c1. The summed E-state index contributed by atoms with van der Waals surface area (Å²) in [6.07, 6.45) is 0.828. The summed E-state index contributed by atoms with van der Waals surface area (Å²) in [7, 11) is 1.53. The van der Waals surface area contributed by atoms with Crippen molar-refractivity contribution in [2.45, 2.75) is 26.2 Å². The summed E-state index contributed by atoms with van der Waals surface area (Å²) < 4.78 is 5.14. The molecule has 1 aromatic carbocycles. The summed E-state index contributed by atoms with van der Waals surface area (Å²) in [4.78, 5) is 22.1. The maximum Gasteiger partial charge on any atom is 0.303 e. The summed E-state index contributed by atoms with van der Waals surface area (Å²) in [5.74, 6) is -0.192. The number of carboxylic acid groups (broad SMARTS) is 1. The lowest BCUT2D eigenvalue weighted by molar-refractivity contribution is -0.136. The van der Waals surface area contributed by atoms with Gasteiger partial charge in [0.15, 0.2) is 5.78 Å². The molecule has 0 aliphatic heterocycles. The number of carbonyl (C=O) groups excluding carboxylic acids is 1. The maximum atomic E-state index is 11.5. The molecule has 92 valence electrons. The first-order valence-electron chi connectivity index (χ1n) is 5.50. The number of hydrogen-bond donors (Lipinski definition) is 1. The molecule has 0 heterocycles. The third kappa shape index (κ3) is 3.59. The molecule has 0 saturated carbocycles. The van der Waals surface area contributed by atoms with Crippen LogP contribution in [0.15, 0.2) is 18.2 Å². The van der Waals surface area contributed by atoms with Crippen molar-refractivity contribution in [2.24, 2.45) is 0 Å². The van der Waals surface area contributed by atoms with Gasteiger partial charge in [-0.25, -0.2) is 0 Å². The Morgan fingerprint density at radius 3 is 2.59 bits per heavy atom. The molecule has 0 radical (unpaired) electrons. The zero-order chi connectivity index (χ0) is 12.8. The number of hydrogen-bond acceptors (Lipinski definition) is 3. The van der Waals surface area contributed by atoms with Gasteiger partial charge in [-0.1, -0.05) is 6.92 Å². The molecule has 0 unspecified atom stereocenters. The molecule has 0 bridgehead atoms. The zero-order valence-electron chi connectivity index (χ0n) is 10.0. The second kappa shape index (κ2) is 6.03. The fourth-order valence-corrected chi connectivity index (χ4v) is 1.59. The van der Waals surface area contributed by atoms with Crippen LogP contribution in [-0.4, -0.2) is 24.0 Å². The molecule has 0 amide bonds. The van der Waals surface area contributed by atoms with E-state index >= 15 is 0 Å². The first kappa shape index (κ1) is 13.2.